The molecular formula is C8H8BNO3. The molecule has 4 nitrogen and oxygen atoms in total. The topological polar surface area (TPSA) is 69.9 Å². The van der Waals surface area contributed by atoms with Crippen molar-refractivity contribution in [1.82, 2.24) is 0 Å². The van der Waals surface area contributed by atoms with Gasteiger partial charge < -0.3 is 10.1 Å². The Hall–Kier alpha value is -1.62. The van der Waals surface area contributed by atoms with Crippen LogP contribution in [0, 0.1) is 4.91 Å². The molecule has 0 amide bonds. The number of benzene rings is 1. The number of nitrogens with zero attached hydrogens (tertiary/aromatic N) is 1. The molecule has 0 saturated heterocycles. The van der Waals surface area contributed by atoms with Crippen molar-refractivity contribution >= 4 is 13.1 Å². The van der Waals surface area contributed by atoms with Crippen LogP contribution >= 0.6 is 0 Å². The zero-order valence-electron chi connectivity index (χ0n) is 6.79. The van der Waals surface area contributed by atoms with Crippen molar-refractivity contribution in [1.29, 1.82) is 0 Å². The minimum absolute atomic E-state index is 0.172. The molecule has 1 rings (SSSR count). The molecule has 1 aromatic carbocycles. The molecule has 2 N–H and O–H groups in total. The van der Waals surface area contributed by atoms with Gasteiger partial charge in [0.05, 0.1) is 0 Å². The van der Waals surface area contributed by atoms with Crippen LogP contribution in [0.2, 0.25) is 0 Å². The number of phenolic OH excluding ortho intramolecular Hbond substituents is 1. The van der Waals surface area contributed by atoms with Gasteiger partial charge in [0.15, 0.2) is 0 Å². The number of hydrogen-bond acceptors (Lipinski definition) is 4. The average molecular weight is 177 g/mol. The van der Waals surface area contributed by atoms with Crippen LogP contribution < -0.4 is 0 Å². The lowest BCUT2D eigenvalue weighted by atomic mass is 9.85. The van der Waals surface area contributed by atoms with E-state index in [9.17, 15) is 4.91 Å². The third kappa shape index (κ3) is 3.08. The second kappa shape index (κ2) is 4.42. The fraction of sp³-hybridized carbons (Fsp3) is 0. The quantitative estimate of drug-likeness (QED) is 0.538. The van der Waals surface area contributed by atoms with Gasteiger partial charge in [-0.05, 0) is 17.7 Å². The molecule has 0 spiro atoms. The molecule has 0 fully saturated rings. The third-order valence-electron chi connectivity index (χ3n) is 1.46. The van der Waals surface area contributed by atoms with Crippen molar-refractivity contribution < 1.29 is 10.1 Å². The van der Waals surface area contributed by atoms with Gasteiger partial charge in [-0.25, -0.2) is 0 Å². The number of hydrogen-bond donors (Lipinski definition) is 2. The van der Waals surface area contributed by atoms with Crippen LogP contribution in [-0.2, 0) is 0 Å². The molecule has 0 aromatic heterocycles. The van der Waals surface area contributed by atoms with Crippen molar-refractivity contribution in [3.63, 3.8) is 0 Å². The second-order valence-corrected chi connectivity index (χ2v) is 2.47. The first-order chi connectivity index (χ1) is 6.22. The minimum atomic E-state index is -1.31. The molecule has 0 bridgehead atoms. The first-order valence-electron chi connectivity index (χ1n) is 3.70. The van der Waals surface area contributed by atoms with Gasteiger partial charge in [0.1, 0.15) is 5.75 Å². The van der Waals surface area contributed by atoms with Crippen LogP contribution in [0.3, 0.4) is 0 Å². The molecule has 0 unspecified atom stereocenters. The summed E-state index contributed by atoms with van der Waals surface area (Å²) in [7, 11) is -1.31. The minimum Gasteiger partial charge on any atom is -0.508 e. The van der Waals surface area contributed by atoms with Crippen molar-refractivity contribution in [3.8, 4) is 5.75 Å². The van der Waals surface area contributed by atoms with E-state index in [2.05, 4.69) is 5.09 Å². The van der Waals surface area contributed by atoms with Crippen molar-refractivity contribution in [2.24, 2.45) is 5.09 Å². The van der Waals surface area contributed by atoms with E-state index in [1.807, 2.05) is 0 Å². The first kappa shape index (κ1) is 9.47. The summed E-state index contributed by atoms with van der Waals surface area (Å²) in [5.74, 6) is 1.44. The van der Waals surface area contributed by atoms with Crippen LogP contribution in [-0.4, -0.2) is 17.2 Å². The Morgan fingerprint density at radius 2 is 1.92 bits per heavy atom. The molecule has 0 radical (unpaired) electrons. The summed E-state index contributed by atoms with van der Waals surface area (Å²) in [6, 6.07) is 6.34. The van der Waals surface area contributed by atoms with E-state index in [0.717, 1.165) is 5.56 Å². The van der Waals surface area contributed by atoms with Crippen LogP contribution in [0.1, 0.15) is 5.56 Å². The van der Waals surface area contributed by atoms with Crippen LogP contribution in [0.25, 0.3) is 6.08 Å². The van der Waals surface area contributed by atoms with Gasteiger partial charge in [0, 0.05) is 0 Å². The van der Waals surface area contributed by atoms with Gasteiger partial charge in [0.2, 0.25) is 0 Å². The summed E-state index contributed by atoms with van der Waals surface area (Å²) in [4.78, 5) is 9.79. The highest BCUT2D eigenvalue weighted by Gasteiger charge is 2.04. The molecule has 1 aromatic rings. The third-order valence-corrected chi connectivity index (χ3v) is 1.46. The Bertz CT molecular complexity index is 310. The van der Waals surface area contributed by atoms with Crippen LogP contribution in [0.4, 0.5) is 0 Å². The number of phenols is 1. The molecule has 0 atom stereocenters. The van der Waals surface area contributed by atoms with E-state index in [1.165, 1.54) is 18.1 Å². The summed E-state index contributed by atoms with van der Waals surface area (Å²) < 4.78 is 0. The largest absolute Gasteiger partial charge is 0.510 e. The normalized spacial score (nSPS) is 10.2. The standard InChI is InChI=1S/C8H8BNO3/c11-8-3-1-7(2-4-8)5-6-9(12)10-13/h1-6,11-12H/b6-5+. The van der Waals surface area contributed by atoms with Crippen molar-refractivity contribution in [2.45, 2.75) is 0 Å². The number of nitroso groups, excluding NO2 is 1. The Morgan fingerprint density at radius 3 is 2.46 bits per heavy atom. The summed E-state index contributed by atoms with van der Waals surface area (Å²) in [5, 5.41) is 20.1. The maximum atomic E-state index is 9.79. The van der Waals surface area contributed by atoms with Gasteiger partial charge in [-0.3, -0.25) is 0 Å². The lowest BCUT2D eigenvalue weighted by Gasteiger charge is -1.93. The van der Waals surface area contributed by atoms with E-state index in [-0.39, 0.29) is 5.75 Å². The van der Waals surface area contributed by atoms with Gasteiger partial charge in [-0.15, -0.1) is 0 Å². The van der Waals surface area contributed by atoms with E-state index >= 15 is 0 Å². The van der Waals surface area contributed by atoms with E-state index in [4.69, 9.17) is 10.1 Å². The van der Waals surface area contributed by atoms with Crippen LogP contribution in [0.5, 0.6) is 5.75 Å². The van der Waals surface area contributed by atoms with Crippen molar-refractivity contribution in [2.75, 3.05) is 0 Å². The summed E-state index contributed by atoms with van der Waals surface area (Å²) in [6.45, 7) is 0. The van der Waals surface area contributed by atoms with Crippen LogP contribution in [0.15, 0.2) is 35.3 Å². The zero-order valence-corrected chi connectivity index (χ0v) is 6.79. The molecule has 0 saturated carbocycles. The predicted octanol–water partition coefficient (Wildman–Crippen LogP) is 1.19. The maximum absolute atomic E-state index is 9.79. The smallest absolute Gasteiger partial charge is 0.508 e. The fourth-order valence-corrected chi connectivity index (χ4v) is 0.818. The number of rotatable bonds is 3. The Labute approximate surface area is 75.6 Å². The highest BCUT2D eigenvalue weighted by atomic mass is 16.3. The molecule has 66 valence electrons. The molecule has 0 heterocycles. The van der Waals surface area contributed by atoms with Gasteiger partial charge in [-0.2, -0.15) is 4.91 Å². The second-order valence-electron chi connectivity index (χ2n) is 2.47. The number of aromatic hydroxyl groups is 1. The van der Waals surface area contributed by atoms with E-state index in [0.29, 0.717) is 0 Å². The average Bonchev–Trinajstić information content (AvgIpc) is 2.16. The van der Waals surface area contributed by atoms with Gasteiger partial charge in [-0.1, -0.05) is 29.3 Å². The molecule has 0 aliphatic rings. The maximum Gasteiger partial charge on any atom is 0.510 e. The van der Waals surface area contributed by atoms with Gasteiger partial charge >= 0.3 is 7.05 Å². The van der Waals surface area contributed by atoms with E-state index < -0.39 is 7.05 Å². The predicted molar refractivity (Wildman–Crippen MR) is 50.9 cm³/mol. The molecule has 13 heavy (non-hydrogen) atoms. The highest BCUT2D eigenvalue weighted by molar-refractivity contribution is 6.54. The molecule has 5 heteroatoms. The van der Waals surface area contributed by atoms with E-state index in [1.54, 1.807) is 18.2 Å². The highest BCUT2D eigenvalue weighted by Crippen LogP contribution is 2.10. The lowest BCUT2D eigenvalue weighted by Crippen LogP contribution is -2.01. The summed E-state index contributed by atoms with van der Waals surface area (Å²) >= 11 is 0. The summed E-state index contributed by atoms with van der Waals surface area (Å²) in [6.07, 6.45) is 1.55. The van der Waals surface area contributed by atoms with Gasteiger partial charge in [0.25, 0.3) is 0 Å². The molecule has 0 aliphatic heterocycles. The Morgan fingerprint density at radius 1 is 1.31 bits per heavy atom. The SMILES string of the molecule is O=NB(O)/C=C/c1ccc(O)cc1. The zero-order chi connectivity index (χ0) is 9.68. The summed E-state index contributed by atoms with van der Waals surface area (Å²) in [5.41, 5.74) is 0.778. The molecular weight excluding hydrogens is 169 g/mol. The molecule has 0 aliphatic carbocycles. The van der Waals surface area contributed by atoms with Crippen molar-refractivity contribution in [3.05, 3.63) is 40.7 Å². The fourth-order valence-electron chi connectivity index (χ4n) is 0.818. The Kier molecular flexibility index (Phi) is 3.22. The monoisotopic (exact) mass is 177 g/mol. The lowest BCUT2D eigenvalue weighted by molar-refractivity contribution is 0.475. The Balaban J connectivity index is 2.69. The first-order valence-corrected chi connectivity index (χ1v) is 3.70.